The number of nitrogens with zero attached hydrogens (tertiary/aromatic N) is 2. The van der Waals surface area contributed by atoms with E-state index in [-0.39, 0.29) is 5.56 Å². The minimum absolute atomic E-state index is 0.225. The molecule has 0 radical (unpaired) electrons. The Labute approximate surface area is 103 Å². The predicted molar refractivity (Wildman–Crippen MR) is 70.4 cm³/mol. The molecule has 0 aliphatic carbocycles. The summed E-state index contributed by atoms with van der Waals surface area (Å²) in [6, 6.07) is 11.1. The molecule has 5 heteroatoms. The van der Waals surface area contributed by atoms with Gasteiger partial charge in [-0.3, -0.25) is 4.79 Å². The van der Waals surface area contributed by atoms with Crippen LogP contribution in [0.25, 0.3) is 16.8 Å². The minimum Gasteiger partial charge on any atom is -0.383 e. The first-order valence-electron chi connectivity index (χ1n) is 5.60. The van der Waals surface area contributed by atoms with E-state index in [4.69, 9.17) is 5.73 Å². The Kier molecular flexibility index (Phi) is 2.19. The number of rotatable bonds is 1. The molecule has 0 aliphatic rings. The van der Waals surface area contributed by atoms with Crippen LogP contribution in [0.3, 0.4) is 0 Å². The molecule has 0 saturated carbocycles. The SMILES string of the molecule is Cc1nn2c(N)cc(=O)[nH]c2c1-c1ccccc1. The Morgan fingerprint density at radius 1 is 1.28 bits per heavy atom. The van der Waals surface area contributed by atoms with Gasteiger partial charge < -0.3 is 10.7 Å². The normalized spacial score (nSPS) is 10.9. The van der Waals surface area contributed by atoms with Gasteiger partial charge in [-0.25, -0.2) is 4.52 Å². The van der Waals surface area contributed by atoms with Crippen molar-refractivity contribution in [3.05, 3.63) is 52.4 Å². The largest absolute Gasteiger partial charge is 0.383 e. The van der Waals surface area contributed by atoms with Gasteiger partial charge in [0.2, 0.25) is 0 Å². The van der Waals surface area contributed by atoms with Gasteiger partial charge in [0.1, 0.15) is 11.5 Å². The summed E-state index contributed by atoms with van der Waals surface area (Å²) in [5, 5.41) is 4.35. The fraction of sp³-hybridized carbons (Fsp3) is 0.0769. The van der Waals surface area contributed by atoms with Gasteiger partial charge in [0.15, 0.2) is 0 Å². The number of nitrogens with one attached hydrogen (secondary N) is 1. The Morgan fingerprint density at radius 3 is 2.72 bits per heavy atom. The van der Waals surface area contributed by atoms with Crippen molar-refractivity contribution in [2.45, 2.75) is 6.92 Å². The second-order valence-corrected chi connectivity index (χ2v) is 4.15. The van der Waals surface area contributed by atoms with Crippen LogP contribution >= 0.6 is 0 Å². The number of nitrogens with two attached hydrogens (primary N) is 1. The van der Waals surface area contributed by atoms with Gasteiger partial charge >= 0.3 is 0 Å². The highest BCUT2D eigenvalue weighted by Crippen LogP contribution is 2.26. The standard InChI is InChI=1S/C13H12N4O/c1-8-12(9-5-3-2-4-6-9)13-15-11(18)7-10(14)17(13)16-8/h2-7H,14H2,1H3,(H,15,18). The van der Waals surface area contributed by atoms with E-state index < -0.39 is 0 Å². The third-order valence-electron chi connectivity index (χ3n) is 2.89. The summed E-state index contributed by atoms with van der Waals surface area (Å²) in [6.45, 7) is 1.90. The van der Waals surface area contributed by atoms with Crippen molar-refractivity contribution in [1.82, 2.24) is 14.6 Å². The molecular formula is C13H12N4O. The van der Waals surface area contributed by atoms with Gasteiger partial charge in [-0.2, -0.15) is 5.10 Å². The van der Waals surface area contributed by atoms with Crippen molar-refractivity contribution in [2.75, 3.05) is 5.73 Å². The van der Waals surface area contributed by atoms with Gasteiger partial charge in [0.25, 0.3) is 5.56 Å². The number of benzene rings is 1. The number of aromatic amines is 1. The molecule has 5 nitrogen and oxygen atoms in total. The lowest BCUT2D eigenvalue weighted by molar-refractivity contribution is 0.922. The van der Waals surface area contributed by atoms with Crippen LogP contribution in [0.1, 0.15) is 5.69 Å². The van der Waals surface area contributed by atoms with Crippen LogP contribution in [0.5, 0.6) is 0 Å². The summed E-state index contributed by atoms with van der Waals surface area (Å²) in [4.78, 5) is 14.3. The zero-order valence-electron chi connectivity index (χ0n) is 9.84. The van der Waals surface area contributed by atoms with Gasteiger partial charge in [0, 0.05) is 11.6 Å². The van der Waals surface area contributed by atoms with Crippen molar-refractivity contribution in [3.8, 4) is 11.1 Å². The summed E-state index contributed by atoms with van der Waals surface area (Å²) in [6.07, 6.45) is 0. The second-order valence-electron chi connectivity index (χ2n) is 4.15. The van der Waals surface area contributed by atoms with Gasteiger partial charge in [0.05, 0.1) is 5.69 Å². The number of aromatic nitrogens is 3. The lowest BCUT2D eigenvalue weighted by Crippen LogP contribution is -2.11. The molecule has 1 aromatic carbocycles. The highest BCUT2D eigenvalue weighted by atomic mass is 16.1. The lowest BCUT2D eigenvalue weighted by Gasteiger charge is -2.01. The van der Waals surface area contributed by atoms with Gasteiger partial charge in [-0.15, -0.1) is 0 Å². The van der Waals surface area contributed by atoms with Gasteiger partial charge in [-0.05, 0) is 12.5 Å². The molecule has 2 heterocycles. The number of aryl methyl sites for hydroxylation is 1. The summed E-state index contributed by atoms with van der Waals surface area (Å²) < 4.78 is 1.55. The smallest absolute Gasteiger partial charge is 0.253 e. The topological polar surface area (TPSA) is 76.2 Å². The Balaban J connectivity index is 2.43. The Hall–Kier alpha value is -2.56. The van der Waals surface area contributed by atoms with E-state index in [2.05, 4.69) is 10.1 Å². The van der Waals surface area contributed by atoms with Crippen LogP contribution in [-0.2, 0) is 0 Å². The van der Waals surface area contributed by atoms with E-state index in [0.29, 0.717) is 11.5 Å². The monoisotopic (exact) mass is 240 g/mol. The molecule has 3 rings (SSSR count). The van der Waals surface area contributed by atoms with E-state index in [9.17, 15) is 4.79 Å². The molecule has 3 aromatic rings. The predicted octanol–water partition coefficient (Wildman–Crippen LogP) is 1.58. The molecule has 0 aliphatic heterocycles. The number of anilines is 1. The third kappa shape index (κ3) is 1.48. The molecule has 0 spiro atoms. The second kappa shape index (κ2) is 3.73. The molecule has 3 N–H and O–H groups in total. The number of H-pyrrole nitrogens is 1. The first-order valence-corrected chi connectivity index (χ1v) is 5.60. The maximum absolute atomic E-state index is 11.5. The van der Waals surface area contributed by atoms with Crippen molar-refractivity contribution >= 4 is 11.5 Å². The zero-order valence-corrected chi connectivity index (χ0v) is 9.84. The zero-order chi connectivity index (χ0) is 12.7. The first kappa shape index (κ1) is 10.6. The summed E-state index contributed by atoms with van der Waals surface area (Å²) in [7, 11) is 0. The summed E-state index contributed by atoms with van der Waals surface area (Å²) in [5.41, 5.74) is 8.94. The van der Waals surface area contributed by atoms with Gasteiger partial charge in [-0.1, -0.05) is 30.3 Å². The van der Waals surface area contributed by atoms with Crippen LogP contribution in [0, 0.1) is 6.92 Å². The fourth-order valence-electron chi connectivity index (χ4n) is 2.13. The van der Waals surface area contributed by atoms with Crippen molar-refractivity contribution in [3.63, 3.8) is 0 Å². The van der Waals surface area contributed by atoms with Crippen LogP contribution in [0.2, 0.25) is 0 Å². The van der Waals surface area contributed by atoms with E-state index in [0.717, 1.165) is 16.8 Å². The fourth-order valence-corrected chi connectivity index (χ4v) is 2.13. The van der Waals surface area contributed by atoms with E-state index >= 15 is 0 Å². The van der Waals surface area contributed by atoms with Crippen molar-refractivity contribution in [2.24, 2.45) is 0 Å². The average molecular weight is 240 g/mol. The van der Waals surface area contributed by atoms with E-state index in [1.807, 2.05) is 37.3 Å². The molecule has 0 saturated heterocycles. The number of fused-ring (bicyclic) bond motifs is 1. The van der Waals surface area contributed by atoms with Crippen molar-refractivity contribution < 1.29 is 0 Å². The molecule has 0 amide bonds. The maximum Gasteiger partial charge on any atom is 0.253 e. The highest BCUT2D eigenvalue weighted by Gasteiger charge is 2.13. The van der Waals surface area contributed by atoms with Crippen LogP contribution in [0.15, 0.2) is 41.2 Å². The van der Waals surface area contributed by atoms with Crippen LogP contribution in [0.4, 0.5) is 5.82 Å². The first-order chi connectivity index (χ1) is 8.66. The number of hydrogen-bond donors (Lipinski definition) is 2. The average Bonchev–Trinajstić information content (AvgIpc) is 2.67. The van der Waals surface area contributed by atoms with E-state index in [1.54, 1.807) is 4.52 Å². The highest BCUT2D eigenvalue weighted by molar-refractivity contribution is 5.80. The quantitative estimate of drug-likeness (QED) is 0.678. The lowest BCUT2D eigenvalue weighted by atomic mass is 10.1. The Morgan fingerprint density at radius 2 is 2.00 bits per heavy atom. The number of nitrogen functional groups attached to an aromatic ring is 1. The molecule has 0 bridgehead atoms. The molecule has 0 unspecified atom stereocenters. The molecule has 18 heavy (non-hydrogen) atoms. The van der Waals surface area contributed by atoms with Crippen molar-refractivity contribution in [1.29, 1.82) is 0 Å². The minimum atomic E-state index is -0.225. The molecule has 2 aromatic heterocycles. The van der Waals surface area contributed by atoms with E-state index in [1.165, 1.54) is 6.07 Å². The summed E-state index contributed by atoms with van der Waals surface area (Å²) in [5.74, 6) is 0.332. The molecule has 0 atom stereocenters. The van der Waals surface area contributed by atoms with Crippen LogP contribution < -0.4 is 11.3 Å². The third-order valence-corrected chi connectivity index (χ3v) is 2.89. The van der Waals surface area contributed by atoms with Crippen LogP contribution in [-0.4, -0.2) is 14.6 Å². The summed E-state index contributed by atoms with van der Waals surface area (Å²) >= 11 is 0. The molecule has 0 fully saturated rings. The Bertz CT molecular complexity index is 771. The number of hydrogen-bond acceptors (Lipinski definition) is 3. The molecule has 90 valence electrons. The maximum atomic E-state index is 11.5. The molecular weight excluding hydrogens is 228 g/mol.